The largest absolute Gasteiger partial charge is 0.497 e. The van der Waals surface area contributed by atoms with E-state index in [0.717, 1.165) is 23.3 Å². The molecule has 0 aromatic heterocycles. The fourth-order valence-corrected chi connectivity index (χ4v) is 2.08. The van der Waals surface area contributed by atoms with Crippen LogP contribution in [0.5, 0.6) is 11.5 Å². The summed E-state index contributed by atoms with van der Waals surface area (Å²) in [5.41, 5.74) is 7.98. The second-order valence-electron chi connectivity index (χ2n) is 4.29. The molecule has 106 valence electrons. The van der Waals surface area contributed by atoms with Crippen molar-refractivity contribution < 1.29 is 19.4 Å². The Hall–Kier alpha value is -1.75. The second kappa shape index (κ2) is 6.99. The van der Waals surface area contributed by atoms with E-state index in [9.17, 15) is 4.79 Å². The molecule has 0 spiro atoms. The van der Waals surface area contributed by atoms with E-state index < -0.39 is 5.97 Å². The van der Waals surface area contributed by atoms with Crippen LogP contribution in [-0.2, 0) is 11.2 Å². The van der Waals surface area contributed by atoms with Gasteiger partial charge < -0.3 is 20.3 Å². The van der Waals surface area contributed by atoms with Gasteiger partial charge in [-0.25, -0.2) is 0 Å². The summed E-state index contributed by atoms with van der Waals surface area (Å²) in [5.74, 6) is 0.542. The monoisotopic (exact) mass is 267 g/mol. The van der Waals surface area contributed by atoms with Crippen LogP contribution in [0, 0.1) is 0 Å². The Morgan fingerprint density at radius 3 is 2.53 bits per heavy atom. The minimum atomic E-state index is -0.844. The van der Waals surface area contributed by atoms with Gasteiger partial charge in [0.1, 0.15) is 11.5 Å². The van der Waals surface area contributed by atoms with Crippen LogP contribution in [-0.4, -0.2) is 25.3 Å². The third kappa shape index (κ3) is 3.86. The van der Waals surface area contributed by atoms with Crippen molar-refractivity contribution in [3.63, 3.8) is 0 Å². The van der Waals surface area contributed by atoms with E-state index >= 15 is 0 Å². The number of rotatable bonds is 7. The van der Waals surface area contributed by atoms with Gasteiger partial charge in [0.2, 0.25) is 0 Å². The lowest BCUT2D eigenvalue weighted by molar-refractivity contribution is -0.137. The molecule has 0 heterocycles. The highest BCUT2D eigenvalue weighted by Gasteiger charge is 2.17. The van der Waals surface area contributed by atoms with Gasteiger partial charge in [0.15, 0.2) is 0 Å². The summed E-state index contributed by atoms with van der Waals surface area (Å²) in [6, 6.07) is 3.33. The highest BCUT2D eigenvalue weighted by atomic mass is 16.5. The first-order valence-corrected chi connectivity index (χ1v) is 6.25. The van der Waals surface area contributed by atoms with E-state index in [1.807, 2.05) is 19.1 Å². The summed E-state index contributed by atoms with van der Waals surface area (Å²) in [5, 5.41) is 8.73. The topological polar surface area (TPSA) is 81.8 Å². The van der Waals surface area contributed by atoms with Crippen LogP contribution >= 0.6 is 0 Å². The van der Waals surface area contributed by atoms with Gasteiger partial charge >= 0.3 is 5.97 Å². The lowest BCUT2D eigenvalue weighted by atomic mass is 9.95. The van der Waals surface area contributed by atoms with E-state index in [4.69, 9.17) is 20.3 Å². The second-order valence-corrected chi connectivity index (χ2v) is 4.29. The molecular weight excluding hydrogens is 246 g/mol. The zero-order chi connectivity index (χ0) is 14.4. The highest BCUT2D eigenvalue weighted by molar-refractivity contribution is 5.66. The number of nitrogens with two attached hydrogens (primary N) is 1. The van der Waals surface area contributed by atoms with Crippen LogP contribution < -0.4 is 15.2 Å². The van der Waals surface area contributed by atoms with Gasteiger partial charge in [0, 0.05) is 18.5 Å². The van der Waals surface area contributed by atoms with Crippen molar-refractivity contribution in [1.82, 2.24) is 0 Å². The molecule has 3 N–H and O–H groups in total. The van der Waals surface area contributed by atoms with Gasteiger partial charge in [-0.05, 0) is 30.0 Å². The fourth-order valence-electron chi connectivity index (χ4n) is 2.08. The average Bonchev–Trinajstić information content (AvgIpc) is 2.42. The smallest absolute Gasteiger partial charge is 0.303 e. The maximum Gasteiger partial charge on any atom is 0.303 e. The molecule has 0 bridgehead atoms. The number of benzene rings is 1. The van der Waals surface area contributed by atoms with E-state index in [0.29, 0.717) is 12.2 Å². The van der Waals surface area contributed by atoms with Crippen molar-refractivity contribution in [1.29, 1.82) is 0 Å². The predicted octanol–water partition coefficient (Wildman–Crippen LogP) is 2.13. The standard InChI is InChI=1S/C14H21NO4/c1-4-10-11(12(15)5-6-14(16)17)7-9(18-2)8-13(10)19-3/h7-8,12H,4-6,15H2,1-3H3,(H,16,17). The minimum absolute atomic E-state index is 0.0455. The van der Waals surface area contributed by atoms with Crippen LogP contribution in [0.2, 0.25) is 0 Å². The zero-order valence-corrected chi connectivity index (χ0v) is 11.6. The van der Waals surface area contributed by atoms with E-state index in [1.165, 1.54) is 0 Å². The zero-order valence-electron chi connectivity index (χ0n) is 11.6. The first-order chi connectivity index (χ1) is 9.03. The number of ether oxygens (including phenoxy) is 2. The van der Waals surface area contributed by atoms with Gasteiger partial charge in [0.25, 0.3) is 0 Å². The molecule has 1 unspecified atom stereocenters. The molecule has 0 aliphatic carbocycles. The summed E-state index contributed by atoms with van der Waals surface area (Å²) in [6.45, 7) is 2.01. The Bertz CT molecular complexity index is 445. The third-order valence-corrected chi connectivity index (χ3v) is 3.09. The van der Waals surface area contributed by atoms with E-state index in [1.54, 1.807) is 14.2 Å². The Kier molecular flexibility index (Phi) is 5.63. The predicted molar refractivity (Wildman–Crippen MR) is 72.7 cm³/mol. The lowest BCUT2D eigenvalue weighted by Crippen LogP contribution is -2.15. The van der Waals surface area contributed by atoms with E-state index in [2.05, 4.69) is 0 Å². The molecule has 0 aliphatic heterocycles. The fraction of sp³-hybridized carbons (Fsp3) is 0.500. The average molecular weight is 267 g/mol. The van der Waals surface area contributed by atoms with Gasteiger partial charge in [-0.2, -0.15) is 0 Å². The molecular formula is C14H21NO4. The Morgan fingerprint density at radius 1 is 1.37 bits per heavy atom. The van der Waals surface area contributed by atoms with Crippen molar-refractivity contribution in [2.24, 2.45) is 5.73 Å². The number of methoxy groups -OCH3 is 2. The lowest BCUT2D eigenvalue weighted by Gasteiger charge is -2.19. The number of hydrogen-bond donors (Lipinski definition) is 2. The van der Waals surface area contributed by atoms with Crippen LogP contribution in [0.15, 0.2) is 12.1 Å². The Morgan fingerprint density at radius 2 is 2.05 bits per heavy atom. The first-order valence-electron chi connectivity index (χ1n) is 6.25. The van der Waals surface area contributed by atoms with E-state index in [-0.39, 0.29) is 12.5 Å². The van der Waals surface area contributed by atoms with Gasteiger partial charge in [0.05, 0.1) is 14.2 Å². The summed E-state index contributed by atoms with van der Waals surface area (Å²) < 4.78 is 10.6. The highest BCUT2D eigenvalue weighted by Crippen LogP contribution is 2.33. The van der Waals surface area contributed by atoms with Crippen molar-refractivity contribution in [3.8, 4) is 11.5 Å². The first kappa shape index (κ1) is 15.3. The van der Waals surface area contributed by atoms with Gasteiger partial charge in [-0.3, -0.25) is 4.79 Å². The van der Waals surface area contributed by atoms with Crippen molar-refractivity contribution in [2.45, 2.75) is 32.2 Å². The molecule has 0 amide bonds. The van der Waals surface area contributed by atoms with Gasteiger partial charge in [-0.15, -0.1) is 0 Å². The van der Waals surface area contributed by atoms with Crippen LogP contribution in [0.1, 0.15) is 36.9 Å². The molecule has 5 nitrogen and oxygen atoms in total. The Balaban J connectivity index is 3.11. The van der Waals surface area contributed by atoms with Crippen LogP contribution in [0.4, 0.5) is 0 Å². The molecule has 0 aliphatic rings. The molecule has 19 heavy (non-hydrogen) atoms. The summed E-state index contributed by atoms with van der Waals surface area (Å²) in [4.78, 5) is 10.6. The third-order valence-electron chi connectivity index (χ3n) is 3.09. The van der Waals surface area contributed by atoms with Crippen LogP contribution in [0.3, 0.4) is 0 Å². The molecule has 0 saturated heterocycles. The molecule has 0 saturated carbocycles. The molecule has 1 aromatic carbocycles. The number of carboxylic acid groups (broad SMARTS) is 1. The molecule has 5 heteroatoms. The summed E-state index contributed by atoms with van der Waals surface area (Å²) >= 11 is 0. The van der Waals surface area contributed by atoms with Crippen molar-refractivity contribution in [3.05, 3.63) is 23.3 Å². The van der Waals surface area contributed by atoms with Crippen molar-refractivity contribution in [2.75, 3.05) is 14.2 Å². The maximum absolute atomic E-state index is 10.6. The minimum Gasteiger partial charge on any atom is -0.497 e. The molecule has 0 fully saturated rings. The molecule has 1 atom stereocenters. The number of carboxylic acids is 1. The molecule has 0 radical (unpaired) electrons. The Labute approximate surface area is 113 Å². The number of hydrogen-bond acceptors (Lipinski definition) is 4. The maximum atomic E-state index is 10.6. The SMILES string of the molecule is CCc1c(OC)cc(OC)cc1C(N)CCC(=O)O. The summed E-state index contributed by atoms with van der Waals surface area (Å²) in [7, 11) is 3.17. The normalized spacial score (nSPS) is 12.0. The number of carbonyl (C=O) groups is 1. The molecule has 1 rings (SSSR count). The quantitative estimate of drug-likeness (QED) is 0.791. The molecule has 1 aromatic rings. The van der Waals surface area contributed by atoms with Crippen LogP contribution in [0.25, 0.3) is 0 Å². The van der Waals surface area contributed by atoms with Crippen molar-refractivity contribution >= 4 is 5.97 Å². The summed E-state index contributed by atoms with van der Waals surface area (Å²) in [6.07, 6.45) is 1.20. The van der Waals surface area contributed by atoms with Gasteiger partial charge in [-0.1, -0.05) is 6.92 Å². The number of aliphatic carboxylic acids is 1.